The second-order valence-corrected chi connectivity index (χ2v) is 2.29. The van der Waals surface area contributed by atoms with Crippen molar-refractivity contribution in [1.82, 2.24) is 4.98 Å². The van der Waals surface area contributed by atoms with Crippen molar-refractivity contribution in [1.29, 1.82) is 0 Å². The molecule has 3 nitrogen and oxygen atoms in total. The third kappa shape index (κ3) is 1.68. The van der Waals surface area contributed by atoms with Gasteiger partial charge < -0.3 is 9.84 Å². The first-order chi connectivity index (χ1) is 5.25. The molecule has 0 radical (unpaired) electrons. The van der Waals surface area contributed by atoms with Crippen LogP contribution in [0.2, 0.25) is 0 Å². The SMILES string of the molecule is COc1cnccc1C(C)O. The van der Waals surface area contributed by atoms with E-state index in [0.717, 1.165) is 5.56 Å². The molecule has 0 amide bonds. The number of rotatable bonds is 2. The fourth-order valence-corrected chi connectivity index (χ4v) is 0.906. The highest BCUT2D eigenvalue weighted by molar-refractivity contribution is 5.31. The Morgan fingerprint density at radius 3 is 2.82 bits per heavy atom. The molecule has 0 fully saturated rings. The number of hydrogen-bond acceptors (Lipinski definition) is 3. The quantitative estimate of drug-likeness (QED) is 0.692. The average Bonchev–Trinajstić information content (AvgIpc) is 2.04. The fourth-order valence-electron chi connectivity index (χ4n) is 0.906. The van der Waals surface area contributed by atoms with Gasteiger partial charge in [-0.15, -0.1) is 0 Å². The molecule has 0 aromatic carbocycles. The van der Waals surface area contributed by atoms with Gasteiger partial charge >= 0.3 is 0 Å². The second-order valence-electron chi connectivity index (χ2n) is 2.29. The predicted molar refractivity (Wildman–Crippen MR) is 41.4 cm³/mol. The Morgan fingerprint density at radius 2 is 2.36 bits per heavy atom. The molecule has 0 aliphatic heterocycles. The van der Waals surface area contributed by atoms with E-state index < -0.39 is 6.10 Å². The van der Waals surface area contributed by atoms with Crippen LogP contribution < -0.4 is 4.74 Å². The number of nitrogens with zero attached hydrogens (tertiary/aromatic N) is 1. The summed E-state index contributed by atoms with van der Waals surface area (Å²) in [6.45, 7) is 1.69. The number of aliphatic hydroxyl groups excluding tert-OH is 1. The van der Waals surface area contributed by atoms with Crippen molar-refractivity contribution in [3.05, 3.63) is 24.0 Å². The lowest BCUT2D eigenvalue weighted by atomic mass is 10.1. The van der Waals surface area contributed by atoms with E-state index in [2.05, 4.69) is 4.98 Å². The van der Waals surface area contributed by atoms with Crippen LogP contribution in [-0.2, 0) is 0 Å². The van der Waals surface area contributed by atoms with E-state index in [9.17, 15) is 5.11 Å². The summed E-state index contributed by atoms with van der Waals surface area (Å²) < 4.78 is 4.98. The summed E-state index contributed by atoms with van der Waals surface area (Å²) in [4.78, 5) is 3.86. The van der Waals surface area contributed by atoms with Gasteiger partial charge in [-0.05, 0) is 13.0 Å². The lowest BCUT2D eigenvalue weighted by Crippen LogP contribution is -1.96. The summed E-state index contributed by atoms with van der Waals surface area (Å²) in [6.07, 6.45) is 2.71. The number of pyridine rings is 1. The number of hydrogen-bond donors (Lipinski definition) is 1. The zero-order chi connectivity index (χ0) is 8.27. The molecular weight excluding hydrogens is 142 g/mol. The van der Waals surface area contributed by atoms with Crippen LogP contribution in [0.1, 0.15) is 18.6 Å². The predicted octanol–water partition coefficient (Wildman–Crippen LogP) is 1.14. The third-order valence-electron chi connectivity index (χ3n) is 1.49. The maximum atomic E-state index is 9.23. The highest BCUT2D eigenvalue weighted by atomic mass is 16.5. The van der Waals surface area contributed by atoms with Crippen LogP contribution in [-0.4, -0.2) is 17.2 Å². The molecule has 0 aliphatic rings. The second kappa shape index (κ2) is 3.34. The molecule has 0 saturated carbocycles. The molecule has 0 spiro atoms. The number of ether oxygens (including phenoxy) is 1. The van der Waals surface area contributed by atoms with Gasteiger partial charge in [-0.3, -0.25) is 4.98 Å². The molecule has 0 saturated heterocycles. The van der Waals surface area contributed by atoms with E-state index in [-0.39, 0.29) is 0 Å². The van der Waals surface area contributed by atoms with Gasteiger partial charge in [-0.2, -0.15) is 0 Å². The Kier molecular flexibility index (Phi) is 2.44. The van der Waals surface area contributed by atoms with Crippen LogP contribution in [0, 0.1) is 0 Å². The summed E-state index contributed by atoms with van der Waals surface area (Å²) in [5, 5.41) is 9.23. The summed E-state index contributed by atoms with van der Waals surface area (Å²) in [5.41, 5.74) is 0.766. The molecule has 1 unspecified atom stereocenters. The van der Waals surface area contributed by atoms with Gasteiger partial charge in [0.1, 0.15) is 5.75 Å². The van der Waals surface area contributed by atoms with Crippen LogP contribution >= 0.6 is 0 Å². The molecule has 0 aliphatic carbocycles. The van der Waals surface area contributed by atoms with Gasteiger partial charge in [-0.25, -0.2) is 0 Å². The maximum Gasteiger partial charge on any atom is 0.142 e. The number of aliphatic hydroxyl groups is 1. The molecule has 11 heavy (non-hydrogen) atoms. The largest absolute Gasteiger partial charge is 0.495 e. The first-order valence-electron chi connectivity index (χ1n) is 3.41. The van der Waals surface area contributed by atoms with E-state index in [1.165, 1.54) is 0 Å². The van der Waals surface area contributed by atoms with Crippen molar-refractivity contribution in [2.75, 3.05) is 7.11 Å². The molecule has 1 rings (SSSR count). The Balaban J connectivity index is 3.02. The zero-order valence-electron chi connectivity index (χ0n) is 6.61. The molecule has 1 aromatic rings. The summed E-state index contributed by atoms with van der Waals surface area (Å²) in [5.74, 6) is 0.627. The highest BCUT2D eigenvalue weighted by Gasteiger charge is 2.06. The molecule has 60 valence electrons. The maximum absolute atomic E-state index is 9.23. The average molecular weight is 153 g/mol. The molecule has 0 bridgehead atoms. The Bertz CT molecular complexity index is 235. The van der Waals surface area contributed by atoms with Gasteiger partial charge in [-0.1, -0.05) is 0 Å². The monoisotopic (exact) mass is 153 g/mol. The molecule has 3 heteroatoms. The molecule has 1 N–H and O–H groups in total. The van der Waals surface area contributed by atoms with E-state index in [0.29, 0.717) is 5.75 Å². The summed E-state index contributed by atoms with van der Waals surface area (Å²) >= 11 is 0. The normalized spacial score (nSPS) is 12.6. The van der Waals surface area contributed by atoms with E-state index in [1.807, 2.05) is 0 Å². The van der Waals surface area contributed by atoms with Gasteiger partial charge in [0.05, 0.1) is 19.4 Å². The van der Waals surface area contributed by atoms with Crippen LogP contribution in [0.15, 0.2) is 18.5 Å². The van der Waals surface area contributed by atoms with Crippen LogP contribution in [0.25, 0.3) is 0 Å². The smallest absolute Gasteiger partial charge is 0.142 e. The van der Waals surface area contributed by atoms with Crippen LogP contribution in [0.4, 0.5) is 0 Å². The number of aromatic nitrogens is 1. The van der Waals surface area contributed by atoms with Gasteiger partial charge in [0, 0.05) is 11.8 Å². The first-order valence-corrected chi connectivity index (χ1v) is 3.41. The minimum absolute atomic E-state index is 0.507. The zero-order valence-corrected chi connectivity index (χ0v) is 6.61. The molecule has 1 aromatic heterocycles. The van der Waals surface area contributed by atoms with Crippen molar-refractivity contribution in [3.8, 4) is 5.75 Å². The topological polar surface area (TPSA) is 42.4 Å². The summed E-state index contributed by atoms with van der Waals surface area (Å²) in [6, 6.07) is 1.74. The van der Waals surface area contributed by atoms with Crippen molar-refractivity contribution in [2.45, 2.75) is 13.0 Å². The highest BCUT2D eigenvalue weighted by Crippen LogP contribution is 2.22. The third-order valence-corrected chi connectivity index (χ3v) is 1.49. The van der Waals surface area contributed by atoms with Crippen molar-refractivity contribution in [3.63, 3.8) is 0 Å². The standard InChI is InChI=1S/C8H11NO2/c1-6(10)7-3-4-9-5-8(7)11-2/h3-6,10H,1-2H3. The van der Waals surface area contributed by atoms with Crippen LogP contribution in [0.5, 0.6) is 5.75 Å². The Morgan fingerprint density at radius 1 is 1.64 bits per heavy atom. The molecular formula is C8H11NO2. The first kappa shape index (κ1) is 8.01. The lowest BCUT2D eigenvalue weighted by molar-refractivity contribution is 0.194. The van der Waals surface area contributed by atoms with Gasteiger partial charge in [0.2, 0.25) is 0 Å². The Hall–Kier alpha value is -1.09. The van der Waals surface area contributed by atoms with E-state index in [4.69, 9.17) is 4.74 Å². The van der Waals surface area contributed by atoms with Crippen LogP contribution in [0.3, 0.4) is 0 Å². The number of methoxy groups -OCH3 is 1. The minimum atomic E-state index is -0.507. The minimum Gasteiger partial charge on any atom is -0.495 e. The van der Waals surface area contributed by atoms with Gasteiger partial charge in [0.15, 0.2) is 0 Å². The van der Waals surface area contributed by atoms with E-state index in [1.54, 1.807) is 32.5 Å². The molecule has 1 atom stereocenters. The van der Waals surface area contributed by atoms with Crippen molar-refractivity contribution < 1.29 is 9.84 Å². The van der Waals surface area contributed by atoms with Crippen molar-refractivity contribution >= 4 is 0 Å². The van der Waals surface area contributed by atoms with Gasteiger partial charge in [0.25, 0.3) is 0 Å². The summed E-state index contributed by atoms with van der Waals surface area (Å²) in [7, 11) is 1.56. The lowest BCUT2D eigenvalue weighted by Gasteiger charge is -2.08. The van der Waals surface area contributed by atoms with Crippen molar-refractivity contribution in [2.24, 2.45) is 0 Å². The van der Waals surface area contributed by atoms with E-state index >= 15 is 0 Å². The Labute approximate surface area is 65.7 Å². The molecule has 1 heterocycles. The fraction of sp³-hybridized carbons (Fsp3) is 0.375.